The molecule has 1 aliphatic rings. The number of carbonyl (C=O) groups excluding carboxylic acids is 2. The van der Waals surface area contributed by atoms with E-state index in [9.17, 15) is 19.7 Å². The van der Waals surface area contributed by atoms with E-state index < -0.39 is 4.92 Å². The van der Waals surface area contributed by atoms with Gasteiger partial charge in [-0.05, 0) is 12.3 Å². The Bertz CT molecular complexity index is 571. The molecular weight excluding hydrogens is 272 g/mol. The van der Waals surface area contributed by atoms with Gasteiger partial charge in [0.05, 0.1) is 11.5 Å². The lowest BCUT2D eigenvalue weighted by molar-refractivity contribution is -0.384. The Labute approximate surface area is 122 Å². The second-order valence-corrected chi connectivity index (χ2v) is 5.36. The Kier molecular flexibility index (Phi) is 4.67. The Hall–Kier alpha value is -2.24. The number of benzene rings is 1. The summed E-state index contributed by atoms with van der Waals surface area (Å²) in [6, 6.07) is 5.62. The van der Waals surface area contributed by atoms with Crippen LogP contribution in [0.5, 0.6) is 0 Å². The fraction of sp³-hybridized carbons (Fsp3) is 0.467. The molecule has 1 aromatic rings. The first-order chi connectivity index (χ1) is 10.0. The summed E-state index contributed by atoms with van der Waals surface area (Å²) in [5.74, 6) is 0.0526. The van der Waals surface area contributed by atoms with Crippen molar-refractivity contribution in [2.75, 3.05) is 13.1 Å². The number of likely N-dealkylation sites (tertiary alicyclic amines) is 1. The van der Waals surface area contributed by atoms with Crippen molar-refractivity contribution >= 4 is 17.4 Å². The molecule has 0 saturated carbocycles. The zero-order valence-corrected chi connectivity index (χ0v) is 11.9. The van der Waals surface area contributed by atoms with Crippen molar-refractivity contribution in [3.8, 4) is 0 Å². The number of hydrogen-bond donors (Lipinski definition) is 0. The highest BCUT2D eigenvalue weighted by Gasteiger charge is 2.30. The zero-order chi connectivity index (χ0) is 15.4. The first kappa shape index (κ1) is 15.2. The molecule has 0 radical (unpaired) electrons. The monoisotopic (exact) mass is 290 g/mol. The third-order valence-corrected chi connectivity index (χ3v) is 3.70. The van der Waals surface area contributed by atoms with Crippen molar-refractivity contribution < 1.29 is 14.5 Å². The minimum Gasteiger partial charge on any atom is -0.335 e. The van der Waals surface area contributed by atoms with Crippen LogP contribution >= 0.6 is 0 Å². The molecule has 1 aromatic carbocycles. The molecule has 0 aliphatic carbocycles. The number of amides is 1. The Morgan fingerprint density at radius 2 is 2.24 bits per heavy atom. The van der Waals surface area contributed by atoms with Crippen molar-refractivity contribution in [2.24, 2.45) is 5.92 Å². The van der Waals surface area contributed by atoms with Crippen molar-refractivity contribution in [1.29, 1.82) is 0 Å². The quantitative estimate of drug-likeness (QED) is 0.458. The standard InChI is InChI=1S/C15H18N2O4/c1-2-4-11-7-15(19)16(9-11)10-14(18)12-5-3-6-13(8-12)17(20)21/h3,5-6,8,11H,2,4,7,9-10H2,1H3. The van der Waals surface area contributed by atoms with Gasteiger partial charge in [0.25, 0.3) is 5.69 Å². The highest BCUT2D eigenvalue weighted by atomic mass is 16.6. The van der Waals surface area contributed by atoms with E-state index in [4.69, 9.17) is 0 Å². The lowest BCUT2D eigenvalue weighted by Gasteiger charge is -2.15. The molecule has 1 heterocycles. The van der Waals surface area contributed by atoms with Crippen molar-refractivity contribution in [3.63, 3.8) is 0 Å². The molecule has 0 spiro atoms. The summed E-state index contributed by atoms with van der Waals surface area (Å²) in [4.78, 5) is 35.8. The molecule has 1 atom stereocenters. The van der Waals surface area contributed by atoms with Gasteiger partial charge < -0.3 is 4.90 Å². The second kappa shape index (κ2) is 6.47. The number of hydrogen-bond acceptors (Lipinski definition) is 4. The van der Waals surface area contributed by atoms with Crippen LogP contribution in [-0.4, -0.2) is 34.6 Å². The van der Waals surface area contributed by atoms with Gasteiger partial charge in [-0.2, -0.15) is 0 Å². The van der Waals surface area contributed by atoms with E-state index in [0.717, 1.165) is 12.8 Å². The molecule has 2 rings (SSSR count). The van der Waals surface area contributed by atoms with Crippen LogP contribution in [0.4, 0.5) is 5.69 Å². The number of ketones is 1. The molecule has 0 N–H and O–H groups in total. The molecule has 0 aromatic heterocycles. The maximum absolute atomic E-state index is 12.2. The zero-order valence-electron chi connectivity index (χ0n) is 11.9. The van der Waals surface area contributed by atoms with E-state index in [1.807, 2.05) is 0 Å². The summed E-state index contributed by atoms with van der Waals surface area (Å²) in [6.07, 6.45) is 2.49. The Morgan fingerprint density at radius 1 is 1.48 bits per heavy atom. The molecule has 112 valence electrons. The van der Waals surface area contributed by atoms with Crippen molar-refractivity contribution in [2.45, 2.75) is 26.2 Å². The van der Waals surface area contributed by atoms with E-state index in [2.05, 4.69) is 6.92 Å². The van der Waals surface area contributed by atoms with Gasteiger partial charge in [0.1, 0.15) is 0 Å². The van der Waals surface area contributed by atoms with Crippen LogP contribution in [0.1, 0.15) is 36.5 Å². The third-order valence-electron chi connectivity index (χ3n) is 3.70. The maximum Gasteiger partial charge on any atom is 0.270 e. The van der Waals surface area contributed by atoms with Gasteiger partial charge in [0.15, 0.2) is 5.78 Å². The molecule has 1 amide bonds. The summed E-state index contributed by atoms with van der Waals surface area (Å²) in [7, 11) is 0. The smallest absolute Gasteiger partial charge is 0.270 e. The summed E-state index contributed by atoms with van der Waals surface area (Å²) in [5.41, 5.74) is 0.161. The highest BCUT2D eigenvalue weighted by Crippen LogP contribution is 2.22. The summed E-state index contributed by atoms with van der Waals surface area (Å²) < 4.78 is 0. The fourth-order valence-electron chi connectivity index (χ4n) is 2.67. The van der Waals surface area contributed by atoms with Crippen LogP contribution in [0.15, 0.2) is 24.3 Å². The van der Waals surface area contributed by atoms with Crippen LogP contribution in [0.2, 0.25) is 0 Å². The number of carbonyl (C=O) groups is 2. The molecule has 1 aliphatic heterocycles. The number of Topliss-reactive ketones (excluding diaryl/α,β-unsaturated/α-hetero) is 1. The van der Waals surface area contributed by atoms with E-state index in [0.29, 0.717) is 18.9 Å². The van der Waals surface area contributed by atoms with Gasteiger partial charge >= 0.3 is 0 Å². The first-order valence-electron chi connectivity index (χ1n) is 7.06. The predicted molar refractivity (Wildman–Crippen MR) is 77.0 cm³/mol. The number of rotatable bonds is 6. The number of nitro groups is 1. The van der Waals surface area contributed by atoms with E-state index in [1.54, 1.807) is 11.0 Å². The average molecular weight is 290 g/mol. The average Bonchev–Trinajstić information content (AvgIpc) is 2.79. The van der Waals surface area contributed by atoms with Gasteiger partial charge in [0.2, 0.25) is 5.91 Å². The van der Waals surface area contributed by atoms with Crippen LogP contribution in [0, 0.1) is 16.0 Å². The predicted octanol–water partition coefficient (Wildman–Crippen LogP) is 2.43. The van der Waals surface area contributed by atoms with Gasteiger partial charge in [-0.1, -0.05) is 25.5 Å². The Balaban J connectivity index is 2.03. The van der Waals surface area contributed by atoms with Crippen LogP contribution < -0.4 is 0 Å². The minimum atomic E-state index is -0.533. The minimum absolute atomic E-state index is 0.000214. The molecule has 1 unspecified atom stereocenters. The molecule has 1 saturated heterocycles. The van der Waals surface area contributed by atoms with Crippen LogP contribution in [-0.2, 0) is 4.79 Å². The molecule has 6 nitrogen and oxygen atoms in total. The number of nitrogens with zero attached hydrogens (tertiary/aromatic N) is 2. The Morgan fingerprint density at radius 3 is 2.90 bits per heavy atom. The molecule has 21 heavy (non-hydrogen) atoms. The second-order valence-electron chi connectivity index (χ2n) is 5.36. The van der Waals surface area contributed by atoms with E-state index in [1.165, 1.54) is 18.2 Å². The van der Waals surface area contributed by atoms with Gasteiger partial charge in [0, 0.05) is 30.7 Å². The van der Waals surface area contributed by atoms with Crippen LogP contribution in [0.3, 0.4) is 0 Å². The van der Waals surface area contributed by atoms with Gasteiger partial charge in [-0.15, -0.1) is 0 Å². The molecule has 6 heteroatoms. The summed E-state index contributed by atoms with van der Waals surface area (Å²) >= 11 is 0. The summed E-state index contributed by atoms with van der Waals surface area (Å²) in [6.45, 7) is 2.68. The topological polar surface area (TPSA) is 80.5 Å². The van der Waals surface area contributed by atoms with E-state index in [-0.39, 0.29) is 29.5 Å². The molecule has 0 bridgehead atoms. The first-order valence-corrected chi connectivity index (χ1v) is 7.06. The number of non-ortho nitro benzene ring substituents is 1. The van der Waals surface area contributed by atoms with Crippen LogP contribution in [0.25, 0.3) is 0 Å². The third kappa shape index (κ3) is 3.65. The van der Waals surface area contributed by atoms with Crippen molar-refractivity contribution in [1.82, 2.24) is 4.90 Å². The number of nitro benzene ring substituents is 1. The van der Waals surface area contributed by atoms with Gasteiger partial charge in [-0.25, -0.2) is 0 Å². The fourth-order valence-corrected chi connectivity index (χ4v) is 2.67. The SMILES string of the molecule is CCCC1CC(=O)N(CC(=O)c2cccc([N+](=O)[O-])c2)C1. The van der Waals surface area contributed by atoms with Gasteiger partial charge in [-0.3, -0.25) is 19.7 Å². The molecular formula is C15H18N2O4. The largest absolute Gasteiger partial charge is 0.335 e. The lowest BCUT2D eigenvalue weighted by atomic mass is 10.0. The lowest BCUT2D eigenvalue weighted by Crippen LogP contribution is -2.31. The highest BCUT2D eigenvalue weighted by molar-refractivity contribution is 6.00. The van der Waals surface area contributed by atoms with E-state index >= 15 is 0 Å². The maximum atomic E-state index is 12.2. The van der Waals surface area contributed by atoms with Crippen molar-refractivity contribution in [3.05, 3.63) is 39.9 Å². The normalized spacial score (nSPS) is 18.0. The molecule has 1 fully saturated rings. The summed E-state index contributed by atoms with van der Waals surface area (Å²) in [5, 5.41) is 10.7.